The highest BCUT2D eigenvalue weighted by Crippen LogP contribution is 2.32. The molecule has 0 radical (unpaired) electrons. The first-order chi connectivity index (χ1) is 15.9. The van der Waals surface area contributed by atoms with Crippen LogP contribution in [0.4, 0.5) is 13.6 Å². The van der Waals surface area contributed by atoms with Crippen LogP contribution in [0.25, 0.3) is 17.6 Å². The number of ether oxygens (including phenoxy) is 1. The zero-order valence-corrected chi connectivity index (χ0v) is 17.5. The topological polar surface area (TPSA) is 115 Å². The summed E-state index contributed by atoms with van der Waals surface area (Å²) in [7, 11) is 0. The molecule has 0 bridgehead atoms. The molecule has 1 aromatic carbocycles. The van der Waals surface area contributed by atoms with Crippen molar-refractivity contribution in [2.24, 2.45) is 0 Å². The molecule has 170 valence electrons. The summed E-state index contributed by atoms with van der Waals surface area (Å²) in [6.07, 6.45) is 2.93. The Bertz CT molecular complexity index is 1190. The smallest absolute Gasteiger partial charge is 0.387 e. The van der Waals surface area contributed by atoms with Gasteiger partial charge in [0.05, 0.1) is 11.2 Å². The van der Waals surface area contributed by atoms with Gasteiger partial charge in [-0.1, -0.05) is 17.3 Å². The summed E-state index contributed by atoms with van der Waals surface area (Å²) in [5, 5.41) is 5.76. The molecule has 0 aliphatic carbocycles. The van der Waals surface area contributed by atoms with E-state index in [2.05, 4.69) is 15.2 Å². The average molecular weight is 475 g/mol. The zero-order valence-electron chi connectivity index (χ0n) is 16.7. The Kier molecular flexibility index (Phi) is 6.54. The van der Waals surface area contributed by atoms with Crippen LogP contribution in [0.1, 0.15) is 16.1 Å². The molecule has 1 fully saturated rings. The molecule has 9 nitrogen and oxygen atoms in total. The van der Waals surface area contributed by atoms with E-state index in [9.17, 15) is 23.2 Å². The molecule has 3 amide bonds. The summed E-state index contributed by atoms with van der Waals surface area (Å²) in [5.41, 5.74) is 0.559. The fourth-order valence-corrected chi connectivity index (χ4v) is 3.74. The molecule has 0 spiro atoms. The van der Waals surface area contributed by atoms with E-state index >= 15 is 0 Å². The molecular weight excluding hydrogens is 460 g/mol. The first-order valence-corrected chi connectivity index (χ1v) is 10.3. The van der Waals surface area contributed by atoms with Gasteiger partial charge in [0, 0.05) is 19.2 Å². The van der Waals surface area contributed by atoms with Gasteiger partial charge in [-0.15, -0.1) is 0 Å². The monoisotopic (exact) mass is 475 g/mol. The number of imide groups is 1. The average Bonchev–Trinajstić information content (AvgIpc) is 3.52. The standard InChI is InChI=1S/C21H15F2N3O6S/c22-20(23)31-13-5-3-12(4-6-13)10-17-19(28)26(21(29)33-17)8-7-24-18(27)14-11-16(32-25-14)15-2-1-9-30-15/h1-6,9-11,20H,7-8H2,(H,24,27)/b17-10-. The summed E-state index contributed by atoms with van der Waals surface area (Å²) in [5.74, 6) is -0.370. The third kappa shape index (κ3) is 5.29. The summed E-state index contributed by atoms with van der Waals surface area (Å²) >= 11 is 0.745. The third-order valence-electron chi connectivity index (χ3n) is 4.40. The number of halogens is 2. The van der Waals surface area contributed by atoms with Crippen molar-refractivity contribution < 1.29 is 36.8 Å². The number of nitrogens with zero attached hydrogens (tertiary/aromatic N) is 2. The number of furan rings is 1. The number of carbonyl (C=O) groups excluding carboxylic acids is 3. The minimum absolute atomic E-state index is 0.00671. The number of benzene rings is 1. The van der Waals surface area contributed by atoms with Gasteiger partial charge in [-0.25, -0.2) is 0 Å². The Balaban J connectivity index is 1.32. The predicted octanol–water partition coefficient (Wildman–Crippen LogP) is 4.00. The maximum absolute atomic E-state index is 12.6. The van der Waals surface area contributed by atoms with Gasteiger partial charge in [0.25, 0.3) is 17.1 Å². The second kappa shape index (κ2) is 9.69. The van der Waals surface area contributed by atoms with Crippen molar-refractivity contribution in [1.82, 2.24) is 15.4 Å². The molecule has 4 rings (SSSR count). The number of rotatable bonds is 8. The van der Waals surface area contributed by atoms with E-state index < -0.39 is 23.7 Å². The summed E-state index contributed by atoms with van der Waals surface area (Å²) in [6, 6.07) is 10.4. The van der Waals surface area contributed by atoms with Gasteiger partial charge in [0.1, 0.15) is 5.75 Å². The number of nitrogens with one attached hydrogen (secondary N) is 1. The number of hydrogen-bond acceptors (Lipinski definition) is 8. The lowest BCUT2D eigenvalue weighted by molar-refractivity contribution is -0.122. The number of aromatic nitrogens is 1. The highest BCUT2D eigenvalue weighted by Gasteiger charge is 2.34. The number of carbonyl (C=O) groups is 3. The van der Waals surface area contributed by atoms with Gasteiger partial charge in [-0.05, 0) is 47.7 Å². The minimum atomic E-state index is -2.94. The van der Waals surface area contributed by atoms with Crippen LogP contribution in [0.5, 0.6) is 5.75 Å². The van der Waals surface area contributed by atoms with Gasteiger partial charge in [-0.2, -0.15) is 8.78 Å². The van der Waals surface area contributed by atoms with Crippen LogP contribution in [0.3, 0.4) is 0 Å². The van der Waals surface area contributed by atoms with E-state index in [1.807, 2.05) is 0 Å². The SMILES string of the molecule is O=C(NCCN1C(=O)S/C(=C\c2ccc(OC(F)F)cc2)C1=O)c1cc(-c2ccco2)on1. The molecule has 12 heteroatoms. The van der Waals surface area contributed by atoms with Crippen molar-refractivity contribution in [1.29, 1.82) is 0 Å². The molecule has 33 heavy (non-hydrogen) atoms. The van der Waals surface area contributed by atoms with Crippen LogP contribution in [0.15, 0.2) is 62.6 Å². The molecule has 1 N–H and O–H groups in total. The Morgan fingerprint density at radius 2 is 2.00 bits per heavy atom. The van der Waals surface area contributed by atoms with Crippen LogP contribution in [-0.2, 0) is 4.79 Å². The van der Waals surface area contributed by atoms with Crippen molar-refractivity contribution >= 4 is 34.9 Å². The Hall–Kier alpha value is -3.93. The lowest BCUT2D eigenvalue weighted by atomic mass is 10.2. The van der Waals surface area contributed by atoms with Crippen LogP contribution >= 0.6 is 11.8 Å². The van der Waals surface area contributed by atoms with Crippen LogP contribution < -0.4 is 10.1 Å². The number of thioether (sulfide) groups is 1. The van der Waals surface area contributed by atoms with Gasteiger partial charge in [-0.3, -0.25) is 19.3 Å². The van der Waals surface area contributed by atoms with Gasteiger partial charge in [0.15, 0.2) is 11.5 Å². The van der Waals surface area contributed by atoms with Crippen molar-refractivity contribution in [3.05, 3.63) is 64.9 Å². The molecule has 3 aromatic rings. The second-order valence-electron chi connectivity index (χ2n) is 6.59. The fraction of sp³-hybridized carbons (Fsp3) is 0.143. The van der Waals surface area contributed by atoms with Crippen LogP contribution in [0, 0.1) is 0 Å². The van der Waals surface area contributed by atoms with Crippen LogP contribution in [-0.4, -0.2) is 46.8 Å². The van der Waals surface area contributed by atoms with Gasteiger partial charge < -0.3 is 19.0 Å². The van der Waals surface area contributed by atoms with Gasteiger partial charge in [0.2, 0.25) is 5.76 Å². The largest absolute Gasteiger partial charge is 0.461 e. The number of alkyl halides is 2. The molecule has 0 atom stereocenters. The summed E-state index contributed by atoms with van der Waals surface area (Å²) in [4.78, 5) is 38.2. The first-order valence-electron chi connectivity index (χ1n) is 9.50. The maximum atomic E-state index is 12.6. The molecule has 2 aromatic heterocycles. The lowest BCUT2D eigenvalue weighted by Gasteiger charge is -2.12. The minimum Gasteiger partial charge on any atom is -0.461 e. The molecule has 1 aliphatic heterocycles. The second-order valence-corrected chi connectivity index (χ2v) is 7.58. The summed E-state index contributed by atoms with van der Waals surface area (Å²) in [6.45, 7) is -2.97. The Labute approximate surface area is 189 Å². The Morgan fingerprint density at radius 3 is 2.70 bits per heavy atom. The normalized spacial score (nSPS) is 15.0. The molecule has 0 unspecified atom stereocenters. The van der Waals surface area contributed by atoms with Gasteiger partial charge >= 0.3 is 6.61 Å². The first kappa shape index (κ1) is 22.3. The lowest BCUT2D eigenvalue weighted by Crippen LogP contribution is -2.37. The molecule has 1 saturated heterocycles. The predicted molar refractivity (Wildman–Crippen MR) is 112 cm³/mol. The maximum Gasteiger partial charge on any atom is 0.387 e. The van der Waals surface area contributed by atoms with E-state index in [0.29, 0.717) is 11.3 Å². The Morgan fingerprint density at radius 1 is 1.21 bits per heavy atom. The van der Waals surface area contributed by atoms with E-state index in [4.69, 9.17) is 8.94 Å². The summed E-state index contributed by atoms with van der Waals surface area (Å²) < 4.78 is 39.0. The zero-order chi connectivity index (χ0) is 23.4. The number of hydrogen-bond donors (Lipinski definition) is 1. The third-order valence-corrected chi connectivity index (χ3v) is 5.31. The van der Waals surface area contributed by atoms with Crippen molar-refractivity contribution in [2.45, 2.75) is 6.61 Å². The fourth-order valence-electron chi connectivity index (χ4n) is 2.88. The van der Waals surface area contributed by atoms with Crippen molar-refractivity contribution in [3.63, 3.8) is 0 Å². The molecule has 0 saturated carbocycles. The molecular formula is C21H15F2N3O6S. The highest BCUT2D eigenvalue weighted by atomic mass is 32.2. The van der Waals surface area contributed by atoms with E-state index in [-0.39, 0.29) is 35.2 Å². The quantitative estimate of drug-likeness (QED) is 0.486. The number of amides is 3. The van der Waals surface area contributed by atoms with E-state index in [0.717, 1.165) is 16.7 Å². The van der Waals surface area contributed by atoms with Crippen molar-refractivity contribution in [3.8, 4) is 17.3 Å². The van der Waals surface area contributed by atoms with Crippen LogP contribution in [0.2, 0.25) is 0 Å². The van der Waals surface area contributed by atoms with E-state index in [1.54, 1.807) is 12.1 Å². The van der Waals surface area contributed by atoms with Crippen molar-refractivity contribution in [2.75, 3.05) is 13.1 Å². The highest BCUT2D eigenvalue weighted by molar-refractivity contribution is 8.18. The molecule has 3 heterocycles. The van der Waals surface area contributed by atoms with E-state index in [1.165, 1.54) is 42.7 Å². The molecule has 1 aliphatic rings.